The summed E-state index contributed by atoms with van der Waals surface area (Å²) in [4.78, 5) is 15.3. The van der Waals surface area contributed by atoms with Crippen LogP contribution in [0.15, 0.2) is 18.5 Å². The first kappa shape index (κ1) is 13.7. The van der Waals surface area contributed by atoms with E-state index in [1.165, 1.54) is 18.0 Å². The molecule has 20 heavy (non-hydrogen) atoms. The minimum absolute atomic E-state index is 0.0341. The summed E-state index contributed by atoms with van der Waals surface area (Å²) in [6.45, 7) is 0.276. The number of rotatable bonds is 5. The normalized spacial score (nSPS) is 10.3. The average Bonchev–Trinajstić information content (AvgIpc) is 2.79. The van der Waals surface area contributed by atoms with E-state index in [2.05, 4.69) is 10.1 Å². The number of nitrogen functional groups attached to an aromatic ring is 1. The van der Waals surface area contributed by atoms with Crippen molar-refractivity contribution >= 4 is 11.6 Å². The van der Waals surface area contributed by atoms with E-state index in [0.29, 0.717) is 17.2 Å². The highest BCUT2D eigenvalue weighted by atomic mass is 16.5. The summed E-state index contributed by atoms with van der Waals surface area (Å²) in [7, 11) is 3.06. The average molecular weight is 277 g/mol. The zero-order valence-electron chi connectivity index (χ0n) is 11.2. The van der Waals surface area contributed by atoms with Crippen molar-refractivity contribution in [2.75, 3.05) is 20.0 Å². The topological polar surface area (TPSA) is 118 Å². The fourth-order valence-electron chi connectivity index (χ4n) is 1.83. The van der Waals surface area contributed by atoms with E-state index < -0.39 is 5.91 Å². The van der Waals surface area contributed by atoms with Gasteiger partial charge in [0.05, 0.1) is 26.5 Å². The Bertz CT molecular complexity index is 638. The Morgan fingerprint density at radius 2 is 2.15 bits per heavy atom. The van der Waals surface area contributed by atoms with Gasteiger partial charge in [0.25, 0.3) is 5.91 Å². The maximum Gasteiger partial charge on any atom is 0.271 e. The Morgan fingerprint density at radius 1 is 1.40 bits per heavy atom. The predicted molar refractivity (Wildman–Crippen MR) is 71.6 cm³/mol. The van der Waals surface area contributed by atoms with E-state index in [9.17, 15) is 4.79 Å². The molecule has 0 atom stereocenters. The summed E-state index contributed by atoms with van der Waals surface area (Å²) >= 11 is 0. The number of anilines is 1. The van der Waals surface area contributed by atoms with Gasteiger partial charge in [0, 0.05) is 18.5 Å². The molecule has 0 aliphatic rings. The molecule has 0 aromatic carbocycles. The molecule has 0 bridgehead atoms. The Kier molecular flexibility index (Phi) is 3.74. The molecular weight excluding hydrogens is 262 g/mol. The van der Waals surface area contributed by atoms with Crippen molar-refractivity contribution in [1.29, 1.82) is 0 Å². The van der Waals surface area contributed by atoms with Gasteiger partial charge in [0.2, 0.25) is 0 Å². The smallest absolute Gasteiger partial charge is 0.271 e. The molecule has 4 N–H and O–H groups in total. The zero-order valence-corrected chi connectivity index (χ0v) is 11.2. The third-order valence-electron chi connectivity index (χ3n) is 2.70. The number of aromatic nitrogens is 3. The van der Waals surface area contributed by atoms with Crippen molar-refractivity contribution in [2.24, 2.45) is 5.73 Å². The summed E-state index contributed by atoms with van der Waals surface area (Å²) in [6, 6.07) is 1.69. The first-order chi connectivity index (χ1) is 9.56. The Hall–Kier alpha value is -2.77. The van der Waals surface area contributed by atoms with Crippen LogP contribution in [-0.2, 0) is 6.54 Å². The second-order valence-corrected chi connectivity index (χ2v) is 3.99. The van der Waals surface area contributed by atoms with Crippen LogP contribution in [0.2, 0.25) is 0 Å². The summed E-state index contributed by atoms with van der Waals surface area (Å²) < 4.78 is 11.9. The molecule has 0 aliphatic heterocycles. The molecule has 8 heteroatoms. The Balaban J connectivity index is 2.35. The molecule has 2 aromatic rings. The second kappa shape index (κ2) is 5.47. The van der Waals surface area contributed by atoms with Crippen LogP contribution in [0, 0.1) is 0 Å². The lowest BCUT2D eigenvalue weighted by molar-refractivity contribution is 0.0995. The third kappa shape index (κ3) is 2.48. The van der Waals surface area contributed by atoms with Crippen molar-refractivity contribution in [3.63, 3.8) is 0 Å². The number of ether oxygens (including phenoxy) is 2. The lowest BCUT2D eigenvalue weighted by Gasteiger charge is -2.11. The molecule has 1 amide bonds. The van der Waals surface area contributed by atoms with Crippen LogP contribution in [0.3, 0.4) is 0 Å². The fraction of sp³-hybridized carbons (Fsp3) is 0.250. The Labute approximate surface area is 115 Å². The number of hydrogen-bond acceptors (Lipinski definition) is 6. The molecular formula is C12H15N5O3. The lowest BCUT2D eigenvalue weighted by Crippen LogP contribution is -2.14. The van der Waals surface area contributed by atoms with Crippen molar-refractivity contribution in [1.82, 2.24) is 14.8 Å². The molecule has 2 heterocycles. The van der Waals surface area contributed by atoms with E-state index in [1.54, 1.807) is 19.4 Å². The van der Waals surface area contributed by atoms with Gasteiger partial charge in [-0.3, -0.25) is 14.5 Å². The molecule has 0 radical (unpaired) electrons. The highest BCUT2D eigenvalue weighted by molar-refractivity contribution is 5.95. The highest BCUT2D eigenvalue weighted by Gasteiger charge is 2.15. The third-order valence-corrected chi connectivity index (χ3v) is 2.70. The van der Waals surface area contributed by atoms with E-state index in [4.69, 9.17) is 20.9 Å². The number of hydrogen-bond donors (Lipinski definition) is 2. The number of methoxy groups -OCH3 is 2. The van der Waals surface area contributed by atoms with Gasteiger partial charge in [-0.15, -0.1) is 0 Å². The molecule has 0 saturated heterocycles. The van der Waals surface area contributed by atoms with Crippen molar-refractivity contribution in [3.05, 3.63) is 29.8 Å². The van der Waals surface area contributed by atoms with Crippen molar-refractivity contribution < 1.29 is 14.3 Å². The molecule has 0 unspecified atom stereocenters. The molecule has 2 aromatic heterocycles. The maximum absolute atomic E-state index is 11.1. The first-order valence-electron chi connectivity index (χ1n) is 5.75. The molecule has 8 nitrogen and oxygen atoms in total. The van der Waals surface area contributed by atoms with Crippen LogP contribution in [0.1, 0.15) is 16.2 Å². The second-order valence-electron chi connectivity index (χ2n) is 3.99. The van der Waals surface area contributed by atoms with Crippen LogP contribution in [-0.4, -0.2) is 34.9 Å². The van der Waals surface area contributed by atoms with Gasteiger partial charge in [0.15, 0.2) is 17.2 Å². The lowest BCUT2D eigenvalue weighted by atomic mass is 10.3. The summed E-state index contributed by atoms with van der Waals surface area (Å²) in [6.07, 6.45) is 3.11. The first-order valence-corrected chi connectivity index (χ1v) is 5.75. The maximum atomic E-state index is 11.1. The predicted octanol–water partition coefficient (Wildman–Crippen LogP) is 0.0247. The van der Waals surface area contributed by atoms with Gasteiger partial charge >= 0.3 is 0 Å². The Morgan fingerprint density at radius 3 is 2.70 bits per heavy atom. The van der Waals surface area contributed by atoms with E-state index in [0.717, 1.165) is 0 Å². The fourth-order valence-corrected chi connectivity index (χ4v) is 1.83. The van der Waals surface area contributed by atoms with Crippen LogP contribution in [0.5, 0.6) is 11.5 Å². The van der Waals surface area contributed by atoms with E-state index >= 15 is 0 Å². The number of carbonyl (C=O) groups excluding carboxylic acids is 1. The number of amides is 1. The van der Waals surface area contributed by atoms with Crippen LogP contribution < -0.4 is 20.9 Å². The standard InChI is InChI=1S/C12H15N5O3/c1-19-9-3-4-15-8(11(9)20-2)6-17-5-7(13)10(16-17)12(14)18/h3-5H,6,13H2,1-2H3,(H2,14,18). The summed E-state index contributed by atoms with van der Waals surface area (Å²) in [5.74, 6) is 0.393. The van der Waals surface area contributed by atoms with Gasteiger partial charge in [0.1, 0.15) is 5.69 Å². The number of nitrogens with two attached hydrogens (primary N) is 2. The number of primary amides is 1. The van der Waals surface area contributed by atoms with Gasteiger partial charge < -0.3 is 20.9 Å². The molecule has 0 fully saturated rings. The molecule has 106 valence electrons. The number of carbonyl (C=O) groups is 1. The summed E-state index contributed by atoms with van der Waals surface area (Å²) in [5.41, 5.74) is 11.7. The van der Waals surface area contributed by atoms with Crippen LogP contribution >= 0.6 is 0 Å². The van der Waals surface area contributed by atoms with Crippen LogP contribution in [0.4, 0.5) is 5.69 Å². The van der Waals surface area contributed by atoms with Gasteiger partial charge in [-0.1, -0.05) is 0 Å². The minimum atomic E-state index is -0.674. The number of pyridine rings is 1. The monoisotopic (exact) mass is 277 g/mol. The van der Waals surface area contributed by atoms with Gasteiger partial charge in [-0.05, 0) is 0 Å². The summed E-state index contributed by atoms with van der Waals surface area (Å²) in [5, 5.41) is 4.02. The van der Waals surface area contributed by atoms with Crippen molar-refractivity contribution in [3.8, 4) is 11.5 Å². The SMILES string of the molecule is COc1ccnc(Cn2cc(N)c(C(N)=O)n2)c1OC. The molecule has 2 rings (SSSR count). The zero-order chi connectivity index (χ0) is 14.7. The van der Waals surface area contributed by atoms with Gasteiger partial charge in [-0.25, -0.2) is 0 Å². The molecule has 0 spiro atoms. The van der Waals surface area contributed by atoms with E-state index in [1.807, 2.05) is 0 Å². The quantitative estimate of drug-likeness (QED) is 0.795. The minimum Gasteiger partial charge on any atom is -0.493 e. The molecule has 0 saturated carbocycles. The van der Waals surface area contributed by atoms with Crippen LogP contribution in [0.25, 0.3) is 0 Å². The van der Waals surface area contributed by atoms with E-state index in [-0.39, 0.29) is 17.9 Å². The largest absolute Gasteiger partial charge is 0.493 e. The number of nitrogens with zero attached hydrogens (tertiary/aromatic N) is 3. The molecule has 0 aliphatic carbocycles. The highest BCUT2D eigenvalue weighted by Crippen LogP contribution is 2.29. The van der Waals surface area contributed by atoms with Crippen molar-refractivity contribution in [2.45, 2.75) is 6.54 Å². The van der Waals surface area contributed by atoms with Gasteiger partial charge in [-0.2, -0.15) is 5.10 Å².